The summed E-state index contributed by atoms with van der Waals surface area (Å²) in [6, 6.07) is -0.626. The lowest BCUT2D eigenvalue weighted by Gasteiger charge is -2.20. The van der Waals surface area contributed by atoms with Crippen LogP contribution in [0.4, 0.5) is 0 Å². The van der Waals surface area contributed by atoms with Crippen LogP contribution in [0.3, 0.4) is 0 Å². The van der Waals surface area contributed by atoms with E-state index < -0.39 is 12.1 Å². The van der Waals surface area contributed by atoms with Crippen LogP contribution >= 0.6 is 0 Å². The lowest BCUT2D eigenvalue weighted by atomic mass is 10.0. The molecule has 454 valence electrons. The predicted octanol–water partition coefficient (Wildman–Crippen LogP) is 22.3. The van der Waals surface area contributed by atoms with Gasteiger partial charge in [-0.3, -0.25) is 9.59 Å². The highest BCUT2D eigenvalue weighted by Gasteiger charge is 2.18. The minimum atomic E-state index is -0.843. The van der Waals surface area contributed by atoms with E-state index in [0.29, 0.717) is 19.4 Å². The molecule has 0 radical (unpaired) electrons. The van der Waals surface area contributed by atoms with E-state index in [1.54, 1.807) is 6.08 Å². The van der Waals surface area contributed by atoms with E-state index in [9.17, 15) is 19.8 Å². The summed E-state index contributed by atoms with van der Waals surface area (Å²) >= 11 is 0. The SMILES string of the molecule is CCC/C=C\C/C=C\CCCCCCCC(=O)OCCCCCCCCCCCCCCCCCCCCCCCCCCCCCCC(=O)NC(CO)C(O)/C=C/CCCCCCCCCCCCCCCCCCC. The molecule has 0 aromatic heterocycles. The summed E-state index contributed by atoms with van der Waals surface area (Å²) in [5.74, 6) is -0.0584. The number of aliphatic hydroxyl groups excluding tert-OH is 2. The maximum absolute atomic E-state index is 12.5. The Balaban J connectivity index is 3.37. The Labute approximate surface area is 481 Å². The van der Waals surface area contributed by atoms with E-state index in [4.69, 9.17) is 4.74 Å². The van der Waals surface area contributed by atoms with Gasteiger partial charge in [-0.05, 0) is 57.8 Å². The van der Waals surface area contributed by atoms with E-state index in [1.165, 1.54) is 302 Å². The van der Waals surface area contributed by atoms with Crippen molar-refractivity contribution in [3.05, 3.63) is 36.5 Å². The van der Waals surface area contributed by atoms with Crippen LogP contribution in [0, 0.1) is 0 Å². The highest BCUT2D eigenvalue weighted by Crippen LogP contribution is 2.19. The van der Waals surface area contributed by atoms with Crippen LogP contribution in [-0.4, -0.2) is 47.4 Å². The monoisotopic (exact) mass is 1080 g/mol. The summed E-state index contributed by atoms with van der Waals surface area (Å²) in [7, 11) is 0. The number of hydrogen-bond donors (Lipinski definition) is 3. The van der Waals surface area contributed by atoms with Gasteiger partial charge in [-0.25, -0.2) is 0 Å². The summed E-state index contributed by atoms with van der Waals surface area (Å²) in [4.78, 5) is 24.5. The van der Waals surface area contributed by atoms with Gasteiger partial charge in [0.25, 0.3) is 0 Å². The highest BCUT2D eigenvalue weighted by atomic mass is 16.5. The number of aliphatic hydroxyl groups is 2. The third-order valence-electron chi connectivity index (χ3n) is 16.1. The average molecular weight is 1080 g/mol. The summed E-state index contributed by atoms with van der Waals surface area (Å²) in [5.41, 5.74) is 0. The minimum Gasteiger partial charge on any atom is -0.466 e. The molecule has 0 aromatic rings. The molecule has 0 aliphatic heterocycles. The number of hydrogen-bond acceptors (Lipinski definition) is 5. The standard InChI is InChI=1S/C71H135NO5/c1-3-5-7-9-11-13-15-17-18-19-30-33-36-40-43-47-51-55-59-63-69(74)68(67-73)72-70(75)64-60-56-52-48-44-41-37-34-31-28-26-24-22-20-21-23-25-27-29-32-35-38-42-46-50-54-58-62-66-77-71(76)65-61-57-53-49-45-39-16-14-12-10-8-6-4-2/h8,10,14,16,59,63,68-69,73-74H,3-7,9,11-13,15,17-58,60-62,64-67H2,1-2H3,(H,72,75)/b10-8-,16-14-,63-59+. The van der Waals surface area contributed by atoms with E-state index in [1.807, 2.05) is 6.08 Å². The molecule has 0 saturated carbocycles. The van der Waals surface area contributed by atoms with Crippen LogP contribution in [0.25, 0.3) is 0 Å². The molecule has 0 saturated heterocycles. The van der Waals surface area contributed by atoms with Gasteiger partial charge in [0, 0.05) is 12.8 Å². The highest BCUT2D eigenvalue weighted by molar-refractivity contribution is 5.76. The van der Waals surface area contributed by atoms with Crippen LogP contribution in [0.2, 0.25) is 0 Å². The molecule has 2 unspecified atom stereocenters. The van der Waals surface area contributed by atoms with Crippen LogP contribution in [0.5, 0.6) is 0 Å². The second-order valence-electron chi connectivity index (χ2n) is 23.9. The zero-order chi connectivity index (χ0) is 55.7. The van der Waals surface area contributed by atoms with Crippen molar-refractivity contribution in [3.8, 4) is 0 Å². The molecular formula is C71H135NO5. The topological polar surface area (TPSA) is 95.9 Å². The molecule has 0 fully saturated rings. The molecule has 3 N–H and O–H groups in total. The molecule has 0 aromatic carbocycles. The first kappa shape index (κ1) is 75.1. The molecule has 2 atom stereocenters. The van der Waals surface area contributed by atoms with Crippen molar-refractivity contribution in [2.75, 3.05) is 13.2 Å². The molecule has 1 amide bonds. The van der Waals surface area contributed by atoms with Gasteiger partial charge in [-0.2, -0.15) is 0 Å². The maximum atomic E-state index is 12.5. The molecule has 0 spiro atoms. The number of allylic oxidation sites excluding steroid dienone is 5. The quantitative estimate of drug-likeness (QED) is 0.0320. The first-order chi connectivity index (χ1) is 38.0. The van der Waals surface area contributed by atoms with E-state index in [0.717, 1.165) is 51.4 Å². The Morgan fingerprint density at radius 2 is 0.675 bits per heavy atom. The van der Waals surface area contributed by atoms with Gasteiger partial charge < -0.3 is 20.3 Å². The fourth-order valence-electron chi connectivity index (χ4n) is 10.9. The van der Waals surface area contributed by atoms with Gasteiger partial charge in [0.1, 0.15) is 0 Å². The first-order valence-electron chi connectivity index (χ1n) is 34.8. The van der Waals surface area contributed by atoms with Crippen molar-refractivity contribution in [3.63, 3.8) is 0 Å². The van der Waals surface area contributed by atoms with Crippen molar-refractivity contribution in [1.82, 2.24) is 5.32 Å². The largest absolute Gasteiger partial charge is 0.466 e. The maximum Gasteiger partial charge on any atom is 0.305 e. The summed E-state index contributed by atoms with van der Waals surface area (Å²) in [5, 5.41) is 23.2. The predicted molar refractivity (Wildman–Crippen MR) is 338 cm³/mol. The van der Waals surface area contributed by atoms with Crippen LogP contribution in [0.1, 0.15) is 380 Å². The molecular weight excluding hydrogens is 947 g/mol. The zero-order valence-corrected chi connectivity index (χ0v) is 52.0. The van der Waals surface area contributed by atoms with Gasteiger partial charge in [-0.15, -0.1) is 0 Å². The van der Waals surface area contributed by atoms with Gasteiger partial charge >= 0.3 is 5.97 Å². The van der Waals surface area contributed by atoms with Crippen molar-refractivity contribution >= 4 is 11.9 Å². The summed E-state index contributed by atoms with van der Waals surface area (Å²) < 4.78 is 5.48. The Hall–Kier alpha value is -1.92. The van der Waals surface area contributed by atoms with E-state index >= 15 is 0 Å². The normalized spacial score (nSPS) is 12.7. The average Bonchev–Trinajstić information content (AvgIpc) is 3.43. The van der Waals surface area contributed by atoms with Crippen molar-refractivity contribution in [1.29, 1.82) is 0 Å². The van der Waals surface area contributed by atoms with E-state index in [2.05, 4.69) is 43.5 Å². The molecule has 0 bridgehead atoms. The lowest BCUT2D eigenvalue weighted by molar-refractivity contribution is -0.143. The zero-order valence-electron chi connectivity index (χ0n) is 52.0. The molecule has 6 nitrogen and oxygen atoms in total. The molecule has 6 heteroatoms. The number of nitrogens with one attached hydrogen (secondary N) is 1. The Morgan fingerprint density at radius 1 is 0.364 bits per heavy atom. The lowest BCUT2D eigenvalue weighted by Crippen LogP contribution is -2.45. The van der Waals surface area contributed by atoms with Crippen molar-refractivity contribution < 1.29 is 24.5 Å². The second kappa shape index (κ2) is 66.6. The van der Waals surface area contributed by atoms with Gasteiger partial charge in [-0.1, -0.05) is 346 Å². The third-order valence-corrected chi connectivity index (χ3v) is 16.1. The number of carbonyl (C=O) groups is 2. The second-order valence-corrected chi connectivity index (χ2v) is 23.9. The van der Waals surface area contributed by atoms with Crippen LogP contribution in [-0.2, 0) is 14.3 Å². The van der Waals surface area contributed by atoms with Gasteiger partial charge in [0.15, 0.2) is 0 Å². The minimum absolute atomic E-state index is 0.00332. The third kappa shape index (κ3) is 63.1. The molecule has 0 aliphatic rings. The Kier molecular flexibility index (Phi) is 64.9. The van der Waals surface area contributed by atoms with Crippen LogP contribution in [0.15, 0.2) is 36.5 Å². The number of unbranched alkanes of at least 4 members (excludes halogenated alkanes) is 50. The fraction of sp³-hybridized carbons (Fsp3) is 0.887. The van der Waals surface area contributed by atoms with Crippen LogP contribution < -0.4 is 5.32 Å². The summed E-state index contributed by atoms with van der Waals surface area (Å²) in [6.45, 7) is 4.87. The Morgan fingerprint density at radius 3 is 1.04 bits per heavy atom. The van der Waals surface area contributed by atoms with Crippen molar-refractivity contribution in [2.24, 2.45) is 0 Å². The number of ether oxygens (including phenoxy) is 1. The number of amides is 1. The van der Waals surface area contributed by atoms with Gasteiger partial charge in [0.05, 0.1) is 25.4 Å². The Bertz CT molecular complexity index is 1250. The molecule has 0 rings (SSSR count). The molecule has 77 heavy (non-hydrogen) atoms. The number of esters is 1. The van der Waals surface area contributed by atoms with Gasteiger partial charge in [0.2, 0.25) is 5.91 Å². The summed E-state index contributed by atoms with van der Waals surface area (Å²) in [6.07, 6.45) is 85.1. The molecule has 0 heterocycles. The first-order valence-corrected chi connectivity index (χ1v) is 34.8. The fourth-order valence-corrected chi connectivity index (χ4v) is 10.9. The van der Waals surface area contributed by atoms with Crippen molar-refractivity contribution in [2.45, 2.75) is 392 Å². The number of rotatable bonds is 65. The smallest absolute Gasteiger partial charge is 0.305 e. The number of carbonyl (C=O) groups excluding carboxylic acids is 2. The molecule has 0 aliphatic carbocycles. The van der Waals surface area contributed by atoms with E-state index in [-0.39, 0.29) is 18.5 Å².